The van der Waals surface area contributed by atoms with Gasteiger partial charge in [-0.05, 0) is 23.3 Å². The van der Waals surface area contributed by atoms with E-state index in [1.165, 1.54) is 11.1 Å². The van der Waals surface area contributed by atoms with Gasteiger partial charge in [0.25, 0.3) is 0 Å². The van der Waals surface area contributed by atoms with Crippen LogP contribution in [-0.2, 0) is 0 Å². The number of nitrogens with one attached hydrogen (secondary N) is 1. The maximum absolute atomic E-state index is 5.63. The molecule has 2 rings (SSSR count). The van der Waals surface area contributed by atoms with E-state index in [0.29, 0.717) is 5.92 Å². The summed E-state index contributed by atoms with van der Waals surface area (Å²) in [6.07, 6.45) is 3.77. The molecule has 4 heteroatoms. The molecule has 1 atom stereocenters. The third-order valence-electron chi connectivity index (χ3n) is 2.46. The third kappa shape index (κ3) is 2.50. The first kappa shape index (κ1) is 11.6. The molecule has 0 aliphatic rings. The van der Waals surface area contributed by atoms with Crippen molar-refractivity contribution in [3.05, 3.63) is 47.8 Å². The number of nitrogen functional groups attached to an aromatic ring is 1. The Morgan fingerprint density at radius 3 is 2.40 bits per heavy atom. The molecule has 0 aliphatic heterocycles. The summed E-state index contributed by atoms with van der Waals surface area (Å²) in [6.45, 7) is 2.15. The predicted molar refractivity (Wildman–Crippen MR) is 64.2 cm³/mol. The quantitative estimate of drug-likeness (QED) is 0.769. The fourth-order valence-electron chi connectivity index (χ4n) is 1.47. The Labute approximate surface area is 95.1 Å². The zero-order valence-electron chi connectivity index (χ0n) is 8.47. The lowest BCUT2D eigenvalue weighted by molar-refractivity contribution is 0.924. The lowest BCUT2D eigenvalue weighted by Crippen LogP contribution is -1.94. The predicted octanol–water partition coefficient (Wildman–Crippen LogP) is 2.57. The van der Waals surface area contributed by atoms with Crippen molar-refractivity contribution >= 4 is 18.1 Å². The van der Waals surface area contributed by atoms with Gasteiger partial charge in [-0.2, -0.15) is 5.10 Å². The Bertz CT molecular complexity index is 394. The van der Waals surface area contributed by atoms with E-state index in [0.717, 1.165) is 5.69 Å². The number of nitrogens with two attached hydrogens (primary N) is 1. The molecule has 0 fully saturated rings. The topological polar surface area (TPSA) is 54.7 Å². The summed E-state index contributed by atoms with van der Waals surface area (Å²) in [5.41, 5.74) is 8.87. The van der Waals surface area contributed by atoms with Crippen molar-refractivity contribution in [3.8, 4) is 0 Å². The van der Waals surface area contributed by atoms with Crippen molar-refractivity contribution in [3.63, 3.8) is 0 Å². The molecule has 80 valence electrons. The second-order valence-corrected chi connectivity index (χ2v) is 3.42. The normalized spacial score (nSPS) is 11.8. The highest BCUT2D eigenvalue weighted by atomic mass is 35.5. The number of hydrogen-bond donors (Lipinski definition) is 2. The van der Waals surface area contributed by atoms with E-state index in [-0.39, 0.29) is 12.4 Å². The molecule has 0 saturated heterocycles. The highest BCUT2D eigenvalue weighted by Gasteiger charge is 2.08. The van der Waals surface area contributed by atoms with Crippen molar-refractivity contribution < 1.29 is 0 Å². The molecule has 1 unspecified atom stereocenters. The van der Waals surface area contributed by atoms with Crippen LogP contribution in [0.2, 0.25) is 0 Å². The summed E-state index contributed by atoms with van der Waals surface area (Å²) in [7, 11) is 0. The molecule has 0 bridgehead atoms. The minimum atomic E-state index is 0. The zero-order chi connectivity index (χ0) is 9.97. The molecule has 0 spiro atoms. The van der Waals surface area contributed by atoms with Gasteiger partial charge in [-0.15, -0.1) is 12.4 Å². The molecule has 0 saturated carbocycles. The summed E-state index contributed by atoms with van der Waals surface area (Å²) < 4.78 is 0. The van der Waals surface area contributed by atoms with E-state index < -0.39 is 0 Å². The van der Waals surface area contributed by atoms with Crippen molar-refractivity contribution in [2.75, 3.05) is 5.73 Å². The first-order valence-electron chi connectivity index (χ1n) is 4.61. The Morgan fingerprint density at radius 1 is 1.20 bits per heavy atom. The molecule has 0 radical (unpaired) electrons. The first-order valence-corrected chi connectivity index (χ1v) is 4.61. The second-order valence-electron chi connectivity index (χ2n) is 3.42. The van der Waals surface area contributed by atoms with Crippen LogP contribution in [0, 0.1) is 0 Å². The van der Waals surface area contributed by atoms with Gasteiger partial charge >= 0.3 is 0 Å². The van der Waals surface area contributed by atoms with Gasteiger partial charge in [0.2, 0.25) is 0 Å². The van der Waals surface area contributed by atoms with Crippen LogP contribution in [0.1, 0.15) is 24.0 Å². The molecular weight excluding hydrogens is 210 g/mol. The highest BCUT2D eigenvalue weighted by Crippen LogP contribution is 2.23. The molecule has 1 heterocycles. The number of anilines is 1. The van der Waals surface area contributed by atoms with Crippen LogP contribution in [0.3, 0.4) is 0 Å². The Balaban J connectivity index is 0.00000112. The molecule has 15 heavy (non-hydrogen) atoms. The maximum atomic E-state index is 5.63. The van der Waals surface area contributed by atoms with Crippen LogP contribution < -0.4 is 5.73 Å². The average Bonchev–Trinajstić information content (AvgIpc) is 2.71. The van der Waals surface area contributed by atoms with Crippen LogP contribution in [0.4, 0.5) is 5.69 Å². The summed E-state index contributed by atoms with van der Waals surface area (Å²) >= 11 is 0. The van der Waals surface area contributed by atoms with Gasteiger partial charge in [0.05, 0.1) is 6.20 Å². The molecule has 3 nitrogen and oxygen atoms in total. The minimum absolute atomic E-state index is 0. The number of hydrogen-bond acceptors (Lipinski definition) is 2. The summed E-state index contributed by atoms with van der Waals surface area (Å²) in [4.78, 5) is 0. The average molecular weight is 224 g/mol. The zero-order valence-corrected chi connectivity index (χ0v) is 9.29. The van der Waals surface area contributed by atoms with E-state index in [9.17, 15) is 0 Å². The monoisotopic (exact) mass is 223 g/mol. The first-order chi connectivity index (χ1) is 6.77. The number of nitrogens with zero attached hydrogens (tertiary/aromatic N) is 1. The van der Waals surface area contributed by atoms with E-state index in [4.69, 9.17) is 5.73 Å². The fraction of sp³-hybridized carbons (Fsp3) is 0.182. The highest BCUT2D eigenvalue weighted by molar-refractivity contribution is 5.85. The Morgan fingerprint density at radius 2 is 1.87 bits per heavy atom. The summed E-state index contributed by atoms with van der Waals surface area (Å²) in [6, 6.07) is 7.94. The summed E-state index contributed by atoms with van der Waals surface area (Å²) in [5.74, 6) is 0.356. The van der Waals surface area contributed by atoms with Crippen LogP contribution in [0.25, 0.3) is 0 Å². The number of H-pyrrole nitrogens is 1. The van der Waals surface area contributed by atoms with E-state index >= 15 is 0 Å². The molecule has 3 N–H and O–H groups in total. The second kappa shape index (κ2) is 4.84. The lowest BCUT2D eigenvalue weighted by atomic mass is 9.96. The van der Waals surface area contributed by atoms with Gasteiger partial charge in [-0.3, -0.25) is 5.10 Å². The van der Waals surface area contributed by atoms with Gasteiger partial charge in [0.15, 0.2) is 0 Å². The standard InChI is InChI=1S/C11H13N3.ClH/c1-8(10-6-13-14-7-10)9-2-4-11(12)5-3-9;/h2-8H,12H2,1H3,(H,13,14);1H. The number of benzene rings is 1. The molecule has 0 amide bonds. The largest absolute Gasteiger partial charge is 0.399 e. The smallest absolute Gasteiger partial charge is 0.0525 e. The van der Waals surface area contributed by atoms with Gasteiger partial charge in [0.1, 0.15) is 0 Å². The number of aromatic amines is 1. The number of rotatable bonds is 2. The van der Waals surface area contributed by atoms with Crippen LogP contribution >= 0.6 is 12.4 Å². The molecule has 1 aromatic heterocycles. The maximum Gasteiger partial charge on any atom is 0.0525 e. The van der Waals surface area contributed by atoms with Gasteiger partial charge < -0.3 is 5.73 Å². The van der Waals surface area contributed by atoms with Crippen molar-refractivity contribution in [2.24, 2.45) is 0 Å². The van der Waals surface area contributed by atoms with E-state index in [1.807, 2.05) is 36.7 Å². The van der Waals surface area contributed by atoms with Crippen LogP contribution in [0.15, 0.2) is 36.7 Å². The van der Waals surface area contributed by atoms with Crippen molar-refractivity contribution in [2.45, 2.75) is 12.8 Å². The Hall–Kier alpha value is -1.48. The Kier molecular flexibility index (Phi) is 3.74. The van der Waals surface area contributed by atoms with Gasteiger partial charge in [0, 0.05) is 17.8 Å². The third-order valence-corrected chi connectivity index (χ3v) is 2.46. The molecule has 1 aromatic carbocycles. The van der Waals surface area contributed by atoms with Crippen molar-refractivity contribution in [1.29, 1.82) is 0 Å². The molecular formula is C11H14ClN3. The van der Waals surface area contributed by atoms with Crippen LogP contribution in [-0.4, -0.2) is 10.2 Å². The van der Waals surface area contributed by atoms with E-state index in [2.05, 4.69) is 17.1 Å². The molecule has 0 aliphatic carbocycles. The van der Waals surface area contributed by atoms with Crippen LogP contribution in [0.5, 0.6) is 0 Å². The van der Waals surface area contributed by atoms with Gasteiger partial charge in [-0.1, -0.05) is 19.1 Å². The number of aromatic nitrogens is 2. The summed E-state index contributed by atoms with van der Waals surface area (Å²) in [5, 5.41) is 6.75. The SMILES string of the molecule is CC(c1ccc(N)cc1)c1cn[nH]c1.Cl. The molecule has 2 aromatic rings. The number of halogens is 1. The fourth-order valence-corrected chi connectivity index (χ4v) is 1.47. The minimum Gasteiger partial charge on any atom is -0.399 e. The lowest BCUT2D eigenvalue weighted by Gasteiger charge is -2.09. The van der Waals surface area contributed by atoms with Crippen molar-refractivity contribution in [1.82, 2.24) is 10.2 Å². The van der Waals surface area contributed by atoms with Gasteiger partial charge in [-0.25, -0.2) is 0 Å². The van der Waals surface area contributed by atoms with E-state index in [1.54, 1.807) is 0 Å².